The highest BCUT2D eigenvalue weighted by Crippen LogP contribution is 2.21. The second kappa shape index (κ2) is 5.67. The highest BCUT2D eigenvalue weighted by molar-refractivity contribution is 5.95. The van der Waals surface area contributed by atoms with E-state index in [2.05, 4.69) is 4.90 Å². The lowest BCUT2D eigenvalue weighted by Gasteiger charge is -2.26. The van der Waals surface area contributed by atoms with Crippen LogP contribution in [0.5, 0.6) is 0 Å². The Labute approximate surface area is 112 Å². The fourth-order valence-electron chi connectivity index (χ4n) is 2.60. The number of ether oxygens (including phenoxy) is 1. The first-order valence-corrected chi connectivity index (χ1v) is 6.44. The predicted molar refractivity (Wildman–Crippen MR) is 72.7 cm³/mol. The lowest BCUT2D eigenvalue weighted by Crippen LogP contribution is -2.36. The number of amidine groups is 1. The summed E-state index contributed by atoms with van der Waals surface area (Å²) in [5.74, 6) is -0.631. The number of nitrogens with one attached hydrogen (secondary N) is 1. The van der Waals surface area contributed by atoms with Crippen molar-refractivity contribution >= 4 is 5.84 Å². The van der Waals surface area contributed by atoms with E-state index in [1.165, 1.54) is 6.07 Å². The molecule has 4 nitrogen and oxygen atoms in total. The summed E-state index contributed by atoms with van der Waals surface area (Å²) in [6.07, 6.45) is 1.13. The Morgan fingerprint density at radius 3 is 2.89 bits per heavy atom. The molecular formula is C14H20FN3O. The third-order valence-electron chi connectivity index (χ3n) is 3.69. The predicted octanol–water partition coefficient (Wildman–Crippen LogP) is 1.72. The maximum absolute atomic E-state index is 14.2. The third-order valence-corrected chi connectivity index (χ3v) is 3.69. The molecule has 1 aliphatic rings. The molecule has 0 spiro atoms. The van der Waals surface area contributed by atoms with Crippen LogP contribution in [0.1, 0.15) is 24.5 Å². The molecule has 1 aliphatic heterocycles. The van der Waals surface area contributed by atoms with Crippen LogP contribution in [0, 0.1) is 11.2 Å². The van der Waals surface area contributed by atoms with Gasteiger partial charge in [0.05, 0.1) is 11.7 Å². The van der Waals surface area contributed by atoms with Gasteiger partial charge in [-0.05, 0) is 26.5 Å². The molecule has 19 heavy (non-hydrogen) atoms. The van der Waals surface area contributed by atoms with Crippen molar-refractivity contribution in [2.75, 3.05) is 13.7 Å². The quantitative estimate of drug-likeness (QED) is 0.643. The summed E-state index contributed by atoms with van der Waals surface area (Å²) in [6, 6.07) is 5.30. The van der Waals surface area contributed by atoms with Gasteiger partial charge in [-0.1, -0.05) is 12.1 Å². The maximum atomic E-state index is 14.2. The zero-order valence-electron chi connectivity index (χ0n) is 11.3. The summed E-state index contributed by atoms with van der Waals surface area (Å²) in [5.41, 5.74) is 6.10. The minimum atomic E-state index is -0.395. The van der Waals surface area contributed by atoms with Crippen molar-refractivity contribution in [2.45, 2.75) is 32.0 Å². The van der Waals surface area contributed by atoms with Gasteiger partial charge in [0.15, 0.2) is 0 Å². The molecule has 2 atom stereocenters. The molecule has 2 unspecified atom stereocenters. The molecule has 1 heterocycles. The van der Waals surface area contributed by atoms with Crippen LogP contribution in [0.3, 0.4) is 0 Å². The standard InChI is InChI=1S/C14H20FN3O/c1-9-12(6-7-19-9)18(2)8-10-4-3-5-11(13(10)15)14(16)17/h3-5,9,12H,6-8H2,1-2H3,(H3,16,17). The van der Waals surface area contributed by atoms with E-state index in [1.807, 2.05) is 14.0 Å². The Morgan fingerprint density at radius 1 is 1.58 bits per heavy atom. The van der Waals surface area contributed by atoms with Crippen LogP contribution in [0.15, 0.2) is 18.2 Å². The molecule has 1 saturated heterocycles. The number of benzene rings is 1. The van der Waals surface area contributed by atoms with Gasteiger partial charge in [0.2, 0.25) is 0 Å². The first-order valence-electron chi connectivity index (χ1n) is 6.44. The fourth-order valence-corrected chi connectivity index (χ4v) is 2.60. The highest BCUT2D eigenvalue weighted by atomic mass is 19.1. The molecule has 0 aromatic heterocycles. The molecule has 1 aromatic carbocycles. The van der Waals surface area contributed by atoms with Gasteiger partial charge < -0.3 is 10.5 Å². The molecule has 0 aliphatic carbocycles. The molecule has 104 valence electrons. The van der Waals surface area contributed by atoms with Crippen molar-refractivity contribution in [3.8, 4) is 0 Å². The Kier molecular flexibility index (Phi) is 4.17. The smallest absolute Gasteiger partial charge is 0.138 e. The summed E-state index contributed by atoms with van der Waals surface area (Å²) in [6.45, 7) is 3.29. The van der Waals surface area contributed by atoms with Gasteiger partial charge in [0.1, 0.15) is 11.7 Å². The Hall–Kier alpha value is -1.46. The zero-order chi connectivity index (χ0) is 14.0. The van der Waals surface area contributed by atoms with Crippen molar-refractivity contribution in [2.24, 2.45) is 5.73 Å². The molecule has 0 radical (unpaired) electrons. The van der Waals surface area contributed by atoms with Crippen molar-refractivity contribution in [3.05, 3.63) is 35.1 Å². The number of likely N-dealkylation sites (N-methyl/N-ethyl adjacent to an activating group) is 1. The maximum Gasteiger partial charge on any atom is 0.138 e. The molecule has 5 heteroatoms. The SMILES string of the molecule is CC1OCCC1N(C)Cc1cccc(C(=N)N)c1F. The number of nitrogen functional groups attached to an aromatic ring is 1. The summed E-state index contributed by atoms with van der Waals surface area (Å²) >= 11 is 0. The number of hydrogen-bond acceptors (Lipinski definition) is 3. The molecule has 0 bridgehead atoms. The molecular weight excluding hydrogens is 245 g/mol. The minimum absolute atomic E-state index is 0.168. The minimum Gasteiger partial charge on any atom is -0.384 e. The lowest BCUT2D eigenvalue weighted by molar-refractivity contribution is 0.0810. The number of nitrogens with zero attached hydrogens (tertiary/aromatic N) is 1. The van der Waals surface area contributed by atoms with Crippen molar-refractivity contribution in [3.63, 3.8) is 0 Å². The van der Waals surface area contributed by atoms with Gasteiger partial charge >= 0.3 is 0 Å². The van der Waals surface area contributed by atoms with Gasteiger partial charge in [0, 0.05) is 24.8 Å². The normalized spacial score (nSPS) is 22.9. The van der Waals surface area contributed by atoms with Crippen molar-refractivity contribution in [1.82, 2.24) is 4.90 Å². The van der Waals surface area contributed by atoms with E-state index >= 15 is 0 Å². The van der Waals surface area contributed by atoms with Gasteiger partial charge in [-0.25, -0.2) is 4.39 Å². The molecule has 2 rings (SSSR count). The molecule has 1 aromatic rings. The van der Waals surface area contributed by atoms with Crippen LogP contribution in [0.4, 0.5) is 4.39 Å². The highest BCUT2D eigenvalue weighted by Gasteiger charge is 2.28. The molecule has 0 saturated carbocycles. The van der Waals surface area contributed by atoms with Crippen molar-refractivity contribution in [1.29, 1.82) is 5.41 Å². The van der Waals surface area contributed by atoms with E-state index in [9.17, 15) is 4.39 Å². The summed E-state index contributed by atoms with van der Waals surface area (Å²) in [4.78, 5) is 2.10. The van der Waals surface area contributed by atoms with E-state index in [0.717, 1.165) is 13.0 Å². The van der Waals surface area contributed by atoms with Crippen LogP contribution in [0.25, 0.3) is 0 Å². The average molecular weight is 265 g/mol. The number of halogens is 1. The van der Waals surface area contributed by atoms with E-state index < -0.39 is 5.82 Å². The Balaban J connectivity index is 2.15. The number of nitrogens with two attached hydrogens (primary N) is 1. The Bertz CT molecular complexity index is 478. The van der Waals surface area contributed by atoms with Crippen LogP contribution in [0.2, 0.25) is 0 Å². The average Bonchev–Trinajstić information content (AvgIpc) is 2.77. The largest absolute Gasteiger partial charge is 0.384 e. The van der Waals surface area contributed by atoms with Gasteiger partial charge in [-0.2, -0.15) is 0 Å². The Morgan fingerprint density at radius 2 is 2.32 bits per heavy atom. The van der Waals surface area contributed by atoms with Gasteiger partial charge in [-0.15, -0.1) is 0 Å². The molecule has 3 N–H and O–H groups in total. The topological polar surface area (TPSA) is 62.3 Å². The second-order valence-electron chi connectivity index (χ2n) is 5.04. The second-order valence-corrected chi connectivity index (χ2v) is 5.04. The molecule has 0 amide bonds. The van der Waals surface area contributed by atoms with Crippen LogP contribution < -0.4 is 5.73 Å². The summed E-state index contributed by atoms with van der Waals surface area (Å²) in [7, 11) is 1.97. The van der Waals surface area contributed by atoms with Gasteiger partial charge in [-0.3, -0.25) is 10.3 Å². The number of hydrogen-bond donors (Lipinski definition) is 2. The van der Waals surface area contributed by atoms with Crippen molar-refractivity contribution < 1.29 is 9.13 Å². The summed E-state index contributed by atoms with van der Waals surface area (Å²) in [5, 5.41) is 7.36. The van der Waals surface area contributed by atoms with Crippen LogP contribution in [-0.4, -0.2) is 36.5 Å². The van der Waals surface area contributed by atoms with Gasteiger partial charge in [0.25, 0.3) is 0 Å². The fraction of sp³-hybridized carbons (Fsp3) is 0.500. The first kappa shape index (κ1) is 14.0. The monoisotopic (exact) mass is 265 g/mol. The van der Waals surface area contributed by atoms with E-state index in [1.54, 1.807) is 12.1 Å². The third kappa shape index (κ3) is 2.93. The lowest BCUT2D eigenvalue weighted by atomic mass is 10.1. The van der Waals surface area contributed by atoms with E-state index in [4.69, 9.17) is 15.9 Å². The van der Waals surface area contributed by atoms with Crippen LogP contribution in [-0.2, 0) is 11.3 Å². The number of rotatable bonds is 4. The van der Waals surface area contributed by atoms with E-state index in [0.29, 0.717) is 18.2 Å². The first-order chi connectivity index (χ1) is 9.00. The van der Waals surface area contributed by atoms with E-state index in [-0.39, 0.29) is 17.5 Å². The van der Waals surface area contributed by atoms with Crippen LogP contribution >= 0.6 is 0 Å². The molecule has 1 fully saturated rings. The zero-order valence-corrected chi connectivity index (χ0v) is 11.3. The summed E-state index contributed by atoms with van der Waals surface area (Å²) < 4.78 is 19.7.